The van der Waals surface area contributed by atoms with Gasteiger partial charge in [0.1, 0.15) is 0 Å². The topological polar surface area (TPSA) is 69.0 Å². The van der Waals surface area contributed by atoms with Crippen LogP contribution in [0.4, 0.5) is 18.9 Å². The number of anilines is 1. The smallest absolute Gasteiger partial charge is 0.416 e. The second-order valence-electron chi connectivity index (χ2n) is 7.08. The van der Waals surface area contributed by atoms with E-state index in [9.17, 15) is 18.0 Å². The van der Waals surface area contributed by atoms with Crippen LogP contribution in [0.25, 0.3) is 17.1 Å². The van der Waals surface area contributed by atoms with Crippen LogP contribution in [-0.2, 0) is 11.0 Å². The number of nitrogens with zero attached hydrogens (tertiary/aromatic N) is 3. The Morgan fingerprint density at radius 2 is 1.90 bits per heavy atom. The maximum absolute atomic E-state index is 13.1. The lowest BCUT2D eigenvalue weighted by Crippen LogP contribution is -2.27. The average Bonchev–Trinajstić information content (AvgIpc) is 3.11. The fourth-order valence-corrected chi connectivity index (χ4v) is 3.18. The molecule has 1 heterocycles. The molecule has 0 spiro atoms. The van der Waals surface area contributed by atoms with Crippen molar-refractivity contribution in [2.24, 2.45) is 5.92 Å². The van der Waals surface area contributed by atoms with Gasteiger partial charge in [-0.1, -0.05) is 18.6 Å². The van der Waals surface area contributed by atoms with Gasteiger partial charge in [0.2, 0.25) is 5.91 Å². The summed E-state index contributed by atoms with van der Waals surface area (Å²) in [6.45, 7) is 0. The van der Waals surface area contributed by atoms with Crippen LogP contribution in [0, 0.1) is 5.92 Å². The lowest BCUT2D eigenvalue weighted by Gasteiger charge is -2.24. The van der Waals surface area contributed by atoms with Gasteiger partial charge in [0.15, 0.2) is 5.82 Å². The highest BCUT2D eigenvalue weighted by Gasteiger charge is 2.31. The number of methoxy groups -OCH3 is 1. The molecule has 3 aromatic rings. The number of benzene rings is 2. The Bertz CT molecular complexity index is 1060. The van der Waals surface area contributed by atoms with E-state index in [2.05, 4.69) is 15.4 Å². The molecule has 0 atom stereocenters. The molecule has 1 aliphatic rings. The Labute approximate surface area is 170 Å². The van der Waals surface area contributed by atoms with E-state index in [0.717, 1.165) is 31.4 Å². The molecule has 0 bridgehead atoms. The van der Waals surface area contributed by atoms with Crippen LogP contribution >= 0.6 is 0 Å². The molecular formula is C21H19F3N4O2. The third-order valence-corrected chi connectivity index (χ3v) is 5.07. The Morgan fingerprint density at radius 3 is 2.50 bits per heavy atom. The highest BCUT2D eigenvalue weighted by molar-refractivity contribution is 5.93. The number of aromatic nitrogens is 3. The van der Waals surface area contributed by atoms with E-state index >= 15 is 0 Å². The van der Waals surface area contributed by atoms with Crippen molar-refractivity contribution < 1.29 is 22.7 Å². The number of ether oxygens (including phenoxy) is 1. The van der Waals surface area contributed by atoms with Gasteiger partial charge in [0, 0.05) is 17.2 Å². The molecule has 0 aliphatic heterocycles. The van der Waals surface area contributed by atoms with Crippen molar-refractivity contribution in [3.63, 3.8) is 0 Å². The molecular weight excluding hydrogens is 397 g/mol. The maximum Gasteiger partial charge on any atom is 0.416 e. The third-order valence-electron chi connectivity index (χ3n) is 5.07. The molecule has 30 heavy (non-hydrogen) atoms. The van der Waals surface area contributed by atoms with Gasteiger partial charge in [-0.15, -0.1) is 5.10 Å². The van der Waals surface area contributed by atoms with Crippen molar-refractivity contribution in [2.45, 2.75) is 25.4 Å². The maximum atomic E-state index is 13.1. The Balaban J connectivity index is 1.65. The van der Waals surface area contributed by atoms with E-state index in [4.69, 9.17) is 4.74 Å². The highest BCUT2D eigenvalue weighted by Crippen LogP contribution is 2.33. The Kier molecular flexibility index (Phi) is 5.19. The summed E-state index contributed by atoms with van der Waals surface area (Å²) in [4.78, 5) is 16.3. The van der Waals surface area contributed by atoms with Crippen molar-refractivity contribution in [3.8, 4) is 23.1 Å². The normalized spacial score (nSPS) is 14.3. The van der Waals surface area contributed by atoms with E-state index in [1.54, 1.807) is 24.3 Å². The molecule has 1 fully saturated rings. The number of halogens is 3. The number of amides is 1. The number of carbonyl (C=O) groups excluding carboxylic acids is 1. The predicted octanol–water partition coefficient (Wildman–Crippen LogP) is 4.70. The largest absolute Gasteiger partial charge is 0.466 e. The Morgan fingerprint density at radius 1 is 1.17 bits per heavy atom. The van der Waals surface area contributed by atoms with Crippen LogP contribution in [0.2, 0.25) is 0 Å². The molecule has 2 aromatic carbocycles. The van der Waals surface area contributed by atoms with Gasteiger partial charge in [0.25, 0.3) is 0 Å². The van der Waals surface area contributed by atoms with Crippen molar-refractivity contribution in [1.29, 1.82) is 0 Å². The van der Waals surface area contributed by atoms with E-state index in [0.29, 0.717) is 11.4 Å². The second-order valence-corrected chi connectivity index (χ2v) is 7.08. The molecule has 0 radical (unpaired) electrons. The van der Waals surface area contributed by atoms with E-state index in [1.165, 1.54) is 23.9 Å². The minimum Gasteiger partial charge on any atom is -0.466 e. The zero-order chi connectivity index (χ0) is 21.3. The van der Waals surface area contributed by atoms with Crippen LogP contribution in [0.3, 0.4) is 0 Å². The summed E-state index contributed by atoms with van der Waals surface area (Å²) in [5.74, 6) is 0.280. The fourth-order valence-electron chi connectivity index (χ4n) is 3.18. The van der Waals surface area contributed by atoms with Gasteiger partial charge in [-0.05, 0) is 49.2 Å². The monoisotopic (exact) mass is 416 g/mol. The summed E-state index contributed by atoms with van der Waals surface area (Å²) in [7, 11) is 1.38. The van der Waals surface area contributed by atoms with Gasteiger partial charge in [-0.3, -0.25) is 4.79 Å². The van der Waals surface area contributed by atoms with Crippen molar-refractivity contribution in [3.05, 3.63) is 54.1 Å². The second kappa shape index (κ2) is 7.81. The molecule has 1 saturated carbocycles. The molecule has 6 nitrogen and oxygen atoms in total. The standard InChI is InChI=1S/C21H19F3N4O2/c1-30-20-26-18(14-6-3-7-15(12-14)21(22,23)24)28(27-20)17-10-8-16(9-11-17)25-19(29)13-4-2-5-13/h3,6-13H,2,4-5H2,1H3,(H,25,29). The first-order valence-electron chi connectivity index (χ1n) is 9.45. The summed E-state index contributed by atoms with van der Waals surface area (Å²) in [5, 5.41) is 7.10. The number of rotatable bonds is 5. The molecule has 0 unspecified atom stereocenters. The molecule has 9 heteroatoms. The first kappa shape index (κ1) is 19.9. The van der Waals surface area contributed by atoms with Crippen molar-refractivity contribution in [2.75, 3.05) is 12.4 Å². The number of carbonyl (C=O) groups is 1. The van der Waals surface area contributed by atoms with Crippen LogP contribution in [0.15, 0.2) is 48.5 Å². The first-order chi connectivity index (χ1) is 14.3. The number of hydrogen-bond donors (Lipinski definition) is 1. The molecule has 1 amide bonds. The van der Waals surface area contributed by atoms with E-state index in [-0.39, 0.29) is 29.2 Å². The third kappa shape index (κ3) is 4.00. The fraction of sp³-hybridized carbons (Fsp3) is 0.286. The van der Waals surface area contributed by atoms with Crippen molar-refractivity contribution in [1.82, 2.24) is 14.8 Å². The summed E-state index contributed by atoms with van der Waals surface area (Å²) in [6, 6.07) is 11.8. The van der Waals surface area contributed by atoms with Crippen molar-refractivity contribution >= 4 is 11.6 Å². The van der Waals surface area contributed by atoms with Crippen LogP contribution in [0.5, 0.6) is 6.01 Å². The number of alkyl halides is 3. The van der Waals surface area contributed by atoms with E-state index < -0.39 is 11.7 Å². The van der Waals surface area contributed by atoms with Gasteiger partial charge >= 0.3 is 12.2 Å². The summed E-state index contributed by atoms with van der Waals surface area (Å²) in [5.41, 5.74) is 0.689. The van der Waals surface area contributed by atoms with E-state index in [1.807, 2.05) is 0 Å². The van der Waals surface area contributed by atoms with Crippen LogP contribution in [-0.4, -0.2) is 27.8 Å². The van der Waals surface area contributed by atoms with Gasteiger partial charge < -0.3 is 10.1 Å². The average molecular weight is 416 g/mol. The minimum absolute atomic E-state index is 0.001000. The first-order valence-corrected chi connectivity index (χ1v) is 9.45. The minimum atomic E-state index is -4.47. The zero-order valence-corrected chi connectivity index (χ0v) is 16.1. The summed E-state index contributed by atoms with van der Waals surface area (Å²) >= 11 is 0. The quantitative estimate of drug-likeness (QED) is 0.655. The van der Waals surface area contributed by atoms with Gasteiger partial charge in [-0.25, -0.2) is 4.68 Å². The number of hydrogen-bond acceptors (Lipinski definition) is 4. The molecule has 156 valence electrons. The lowest BCUT2D eigenvalue weighted by atomic mass is 9.85. The SMILES string of the molecule is COc1nc(-c2cccc(C(F)(F)F)c2)n(-c2ccc(NC(=O)C3CCC3)cc2)n1. The predicted molar refractivity (Wildman–Crippen MR) is 104 cm³/mol. The molecule has 1 aliphatic carbocycles. The molecule has 0 saturated heterocycles. The zero-order valence-electron chi connectivity index (χ0n) is 16.1. The lowest BCUT2D eigenvalue weighted by molar-refractivity contribution is -0.137. The highest BCUT2D eigenvalue weighted by atomic mass is 19.4. The summed E-state index contributed by atoms with van der Waals surface area (Å²) < 4.78 is 45.8. The van der Waals surface area contributed by atoms with Crippen LogP contribution in [0.1, 0.15) is 24.8 Å². The number of nitrogens with one attached hydrogen (secondary N) is 1. The van der Waals surface area contributed by atoms with Gasteiger partial charge in [0.05, 0.1) is 18.4 Å². The van der Waals surface area contributed by atoms with Gasteiger partial charge in [-0.2, -0.15) is 18.2 Å². The molecule has 4 rings (SSSR count). The molecule has 1 N–H and O–H groups in total. The molecule has 1 aromatic heterocycles. The Hall–Kier alpha value is -3.36. The van der Waals surface area contributed by atoms with Crippen LogP contribution < -0.4 is 10.1 Å². The summed E-state index contributed by atoms with van der Waals surface area (Å²) in [6.07, 6.45) is -1.58.